The van der Waals surface area contributed by atoms with Crippen molar-refractivity contribution in [1.82, 2.24) is 0 Å². The SMILES string of the molecule is CCCCN(C)c1sc(C(=O)C(C)C)c(N)c1S(C)(=O)=O. The van der Waals surface area contributed by atoms with Gasteiger partial charge in [-0.15, -0.1) is 11.3 Å². The summed E-state index contributed by atoms with van der Waals surface area (Å²) in [5, 5.41) is 0.562. The number of anilines is 2. The highest BCUT2D eigenvalue weighted by Crippen LogP contribution is 2.42. The van der Waals surface area contributed by atoms with Gasteiger partial charge in [0.15, 0.2) is 15.6 Å². The van der Waals surface area contributed by atoms with Crippen LogP contribution in [0.25, 0.3) is 0 Å². The third kappa shape index (κ3) is 3.97. The first-order chi connectivity index (χ1) is 9.61. The first kappa shape index (κ1) is 18.0. The molecule has 21 heavy (non-hydrogen) atoms. The minimum Gasteiger partial charge on any atom is -0.396 e. The van der Waals surface area contributed by atoms with E-state index in [9.17, 15) is 13.2 Å². The molecule has 0 spiro atoms. The number of hydrogen-bond donors (Lipinski definition) is 1. The molecule has 0 saturated carbocycles. The Morgan fingerprint density at radius 1 is 1.38 bits per heavy atom. The summed E-state index contributed by atoms with van der Waals surface area (Å²) < 4.78 is 24.1. The highest BCUT2D eigenvalue weighted by Gasteiger charge is 2.29. The van der Waals surface area contributed by atoms with Crippen molar-refractivity contribution in [3.05, 3.63) is 4.88 Å². The summed E-state index contributed by atoms with van der Waals surface area (Å²) in [6.07, 6.45) is 3.09. The lowest BCUT2D eigenvalue weighted by atomic mass is 10.1. The molecule has 1 aromatic rings. The predicted molar refractivity (Wildman–Crippen MR) is 89.2 cm³/mol. The van der Waals surface area contributed by atoms with Gasteiger partial charge in [0.05, 0.1) is 10.6 Å². The molecule has 0 aliphatic rings. The average Bonchev–Trinajstić information content (AvgIpc) is 2.72. The summed E-state index contributed by atoms with van der Waals surface area (Å²) in [6, 6.07) is 0. The third-order valence-electron chi connectivity index (χ3n) is 3.19. The number of hydrogen-bond acceptors (Lipinski definition) is 6. The van der Waals surface area contributed by atoms with Crippen LogP contribution in [0.5, 0.6) is 0 Å². The molecule has 0 bridgehead atoms. The fourth-order valence-corrected chi connectivity index (χ4v) is 4.78. The molecule has 7 heteroatoms. The maximum atomic E-state index is 12.2. The number of unbranched alkanes of at least 4 members (excludes halogenated alkanes) is 1. The number of Topliss-reactive ketones (excluding diaryl/α,β-unsaturated/α-hetero) is 1. The summed E-state index contributed by atoms with van der Waals surface area (Å²) in [5.74, 6) is -0.329. The van der Waals surface area contributed by atoms with Crippen molar-refractivity contribution >= 4 is 37.6 Å². The van der Waals surface area contributed by atoms with Crippen molar-refractivity contribution in [3.63, 3.8) is 0 Å². The van der Waals surface area contributed by atoms with Crippen LogP contribution < -0.4 is 10.6 Å². The fraction of sp³-hybridized carbons (Fsp3) is 0.643. The number of carbonyl (C=O) groups is 1. The molecule has 1 aromatic heterocycles. The second-order valence-electron chi connectivity index (χ2n) is 5.55. The van der Waals surface area contributed by atoms with Gasteiger partial charge in [0.1, 0.15) is 9.90 Å². The Bertz CT molecular complexity index is 618. The molecule has 1 rings (SSSR count). The molecule has 0 unspecified atom stereocenters. The van der Waals surface area contributed by atoms with Crippen LogP contribution in [0.2, 0.25) is 0 Å². The molecule has 0 aliphatic heterocycles. The van der Waals surface area contributed by atoms with Crippen LogP contribution in [0.3, 0.4) is 0 Å². The van der Waals surface area contributed by atoms with Crippen LogP contribution in [0.15, 0.2) is 4.90 Å². The molecule has 5 nitrogen and oxygen atoms in total. The maximum Gasteiger partial charge on any atom is 0.180 e. The van der Waals surface area contributed by atoms with Crippen LogP contribution in [0.4, 0.5) is 10.7 Å². The molecule has 0 fully saturated rings. The number of ketones is 1. The molecular weight excluding hydrogens is 308 g/mol. The van der Waals surface area contributed by atoms with Gasteiger partial charge >= 0.3 is 0 Å². The summed E-state index contributed by atoms with van der Waals surface area (Å²) in [5.41, 5.74) is 6.08. The van der Waals surface area contributed by atoms with Gasteiger partial charge < -0.3 is 10.6 Å². The van der Waals surface area contributed by atoms with Crippen LogP contribution in [0.1, 0.15) is 43.3 Å². The van der Waals surface area contributed by atoms with Gasteiger partial charge in [0.25, 0.3) is 0 Å². The van der Waals surface area contributed by atoms with Gasteiger partial charge in [-0.1, -0.05) is 27.2 Å². The number of sulfone groups is 1. The van der Waals surface area contributed by atoms with Gasteiger partial charge in [-0.2, -0.15) is 0 Å². The van der Waals surface area contributed by atoms with E-state index >= 15 is 0 Å². The number of nitrogen functional groups attached to an aromatic ring is 1. The number of rotatable bonds is 7. The quantitative estimate of drug-likeness (QED) is 0.777. The average molecular weight is 332 g/mol. The van der Waals surface area contributed by atoms with E-state index in [2.05, 4.69) is 6.92 Å². The first-order valence-electron chi connectivity index (χ1n) is 6.98. The lowest BCUT2D eigenvalue weighted by Crippen LogP contribution is -2.19. The lowest BCUT2D eigenvalue weighted by molar-refractivity contribution is 0.0944. The van der Waals surface area contributed by atoms with Gasteiger partial charge in [0.2, 0.25) is 0 Å². The van der Waals surface area contributed by atoms with E-state index < -0.39 is 9.84 Å². The van der Waals surface area contributed by atoms with Crippen LogP contribution in [-0.2, 0) is 9.84 Å². The molecule has 0 atom stereocenters. The third-order valence-corrected chi connectivity index (χ3v) is 5.81. The lowest BCUT2D eigenvalue weighted by Gasteiger charge is -2.18. The Morgan fingerprint density at radius 2 is 1.95 bits per heavy atom. The Kier molecular flexibility index (Phi) is 5.81. The van der Waals surface area contributed by atoms with Crippen LogP contribution >= 0.6 is 11.3 Å². The van der Waals surface area contributed by atoms with Crippen LogP contribution in [-0.4, -0.2) is 34.0 Å². The zero-order valence-electron chi connectivity index (χ0n) is 13.3. The molecule has 0 radical (unpaired) electrons. The molecule has 2 N–H and O–H groups in total. The minimum absolute atomic E-state index is 0.0927. The largest absolute Gasteiger partial charge is 0.396 e. The van der Waals surface area contributed by atoms with Crippen molar-refractivity contribution in [3.8, 4) is 0 Å². The van der Waals surface area contributed by atoms with E-state index in [-0.39, 0.29) is 22.3 Å². The fourth-order valence-electron chi connectivity index (χ4n) is 1.97. The van der Waals surface area contributed by atoms with Crippen molar-refractivity contribution in [2.75, 3.05) is 30.5 Å². The predicted octanol–water partition coefficient (Wildman–Crippen LogP) is 2.81. The number of nitrogens with two attached hydrogens (primary N) is 1. The van der Waals surface area contributed by atoms with E-state index in [1.165, 1.54) is 11.3 Å². The molecule has 1 heterocycles. The zero-order chi connectivity index (χ0) is 16.4. The van der Waals surface area contributed by atoms with E-state index in [0.717, 1.165) is 25.6 Å². The van der Waals surface area contributed by atoms with Crippen molar-refractivity contribution in [2.45, 2.75) is 38.5 Å². The first-order valence-corrected chi connectivity index (χ1v) is 9.69. The van der Waals surface area contributed by atoms with Crippen molar-refractivity contribution in [2.24, 2.45) is 5.92 Å². The molecule has 120 valence electrons. The zero-order valence-corrected chi connectivity index (χ0v) is 14.9. The van der Waals surface area contributed by atoms with E-state index in [1.54, 1.807) is 13.8 Å². The maximum absolute atomic E-state index is 12.2. The Labute approximate surface area is 131 Å². The van der Waals surface area contributed by atoms with Gasteiger partial charge in [-0.05, 0) is 6.42 Å². The second-order valence-corrected chi connectivity index (χ2v) is 8.50. The van der Waals surface area contributed by atoms with E-state index in [4.69, 9.17) is 5.73 Å². The summed E-state index contributed by atoms with van der Waals surface area (Å²) >= 11 is 1.18. The van der Waals surface area contributed by atoms with Gasteiger partial charge in [-0.3, -0.25) is 4.79 Å². The number of carbonyl (C=O) groups excluding carboxylic acids is 1. The van der Waals surface area contributed by atoms with Crippen molar-refractivity contribution in [1.29, 1.82) is 0 Å². The summed E-state index contributed by atoms with van der Waals surface area (Å²) in [6.45, 7) is 6.36. The number of nitrogens with zero attached hydrogens (tertiary/aromatic N) is 1. The molecular formula is C14H24N2O3S2. The van der Waals surface area contributed by atoms with E-state index in [0.29, 0.717) is 9.88 Å². The highest BCUT2D eigenvalue weighted by molar-refractivity contribution is 7.91. The van der Waals surface area contributed by atoms with Crippen molar-refractivity contribution < 1.29 is 13.2 Å². The smallest absolute Gasteiger partial charge is 0.180 e. The van der Waals surface area contributed by atoms with Crippen LogP contribution in [0, 0.1) is 5.92 Å². The Hall–Kier alpha value is -1.08. The molecule has 0 aliphatic carbocycles. The standard InChI is InChI=1S/C14H24N2O3S2/c1-6-7-8-16(4)14-13(21(5,18)19)10(15)12(20-14)11(17)9(2)3/h9H,6-8,15H2,1-5H3. The second kappa shape index (κ2) is 6.79. The molecule has 0 amide bonds. The monoisotopic (exact) mass is 332 g/mol. The van der Waals surface area contributed by atoms with E-state index in [1.807, 2.05) is 11.9 Å². The highest BCUT2D eigenvalue weighted by atomic mass is 32.2. The minimum atomic E-state index is -3.48. The Balaban J connectivity index is 3.42. The Morgan fingerprint density at radius 3 is 2.38 bits per heavy atom. The summed E-state index contributed by atoms with van der Waals surface area (Å²) in [4.78, 5) is 14.5. The topological polar surface area (TPSA) is 80.5 Å². The van der Waals surface area contributed by atoms with Gasteiger partial charge in [-0.25, -0.2) is 8.42 Å². The van der Waals surface area contributed by atoms with Gasteiger partial charge in [0, 0.05) is 25.8 Å². The molecule has 0 aromatic carbocycles. The normalized spacial score (nSPS) is 11.9. The molecule has 0 saturated heterocycles. The summed E-state index contributed by atoms with van der Waals surface area (Å²) in [7, 11) is -1.65. The number of thiophene rings is 1.